The Labute approximate surface area is 108 Å². The Morgan fingerprint density at radius 1 is 1.35 bits per heavy atom. The number of hydrogen-bond donors (Lipinski definition) is 2. The molecule has 2 atom stereocenters. The molecule has 5 nitrogen and oxygen atoms in total. The van der Waals surface area contributed by atoms with Gasteiger partial charge in [-0.3, -0.25) is 0 Å². The molecule has 0 aliphatic carbocycles. The molecule has 1 aromatic heterocycles. The monoisotopic (exact) mass is 263 g/mol. The number of aliphatic hydroxyl groups excluding tert-OH is 1. The SMILES string of the molecule is CCCCc1nnc(C(O)[C@@H]([NH3+])C(C)C)o1.[Cl-]. The largest absolute Gasteiger partial charge is 1.00 e. The van der Waals surface area contributed by atoms with E-state index in [1.807, 2.05) is 13.8 Å². The second-order valence-electron chi connectivity index (χ2n) is 4.49. The summed E-state index contributed by atoms with van der Waals surface area (Å²) in [6.45, 7) is 6.13. The number of aromatic nitrogens is 2. The maximum Gasteiger partial charge on any atom is 0.251 e. The van der Waals surface area contributed by atoms with Crippen molar-refractivity contribution in [3.63, 3.8) is 0 Å². The van der Waals surface area contributed by atoms with Crippen molar-refractivity contribution in [3.05, 3.63) is 11.8 Å². The summed E-state index contributed by atoms with van der Waals surface area (Å²) in [4.78, 5) is 0. The Balaban J connectivity index is 0.00000256. The van der Waals surface area contributed by atoms with E-state index in [-0.39, 0.29) is 24.4 Å². The molecule has 4 N–H and O–H groups in total. The summed E-state index contributed by atoms with van der Waals surface area (Å²) in [5.41, 5.74) is 3.91. The zero-order valence-electron chi connectivity index (χ0n) is 10.7. The van der Waals surface area contributed by atoms with Crippen LogP contribution in [0.4, 0.5) is 0 Å². The van der Waals surface area contributed by atoms with Crippen LogP contribution in [-0.2, 0) is 6.42 Å². The molecule has 0 aliphatic rings. The van der Waals surface area contributed by atoms with Crippen molar-refractivity contribution < 1.29 is 27.7 Å². The molecule has 1 aromatic rings. The number of quaternary nitrogens is 1. The molecule has 0 spiro atoms. The lowest BCUT2D eigenvalue weighted by atomic mass is 10.00. The van der Waals surface area contributed by atoms with Gasteiger partial charge in [0.1, 0.15) is 6.04 Å². The molecule has 0 aromatic carbocycles. The van der Waals surface area contributed by atoms with Crippen molar-refractivity contribution in [1.82, 2.24) is 10.2 Å². The van der Waals surface area contributed by atoms with Crippen molar-refractivity contribution in [1.29, 1.82) is 0 Å². The molecule has 1 unspecified atom stereocenters. The minimum atomic E-state index is -0.761. The number of rotatable bonds is 6. The maximum absolute atomic E-state index is 9.94. The molecule has 0 aliphatic heterocycles. The molecular weight excluding hydrogens is 242 g/mol. The van der Waals surface area contributed by atoms with Gasteiger partial charge in [-0.25, -0.2) is 0 Å². The maximum atomic E-state index is 9.94. The first kappa shape index (κ1) is 16.4. The van der Waals surface area contributed by atoms with E-state index in [4.69, 9.17) is 4.42 Å². The van der Waals surface area contributed by atoms with E-state index in [0.29, 0.717) is 11.8 Å². The van der Waals surface area contributed by atoms with Crippen molar-refractivity contribution in [2.75, 3.05) is 0 Å². The van der Waals surface area contributed by atoms with Crippen molar-refractivity contribution in [2.45, 2.75) is 52.2 Å². The van der Waals surface area contributed by atoms with Crippen LogP contribution in [0.5, 0.6) is 0 Å². The van der Waals surface area contributed by atoms with Gasteiger partial charge < -0.3 is 27.7 Å². The standard InChI is InChI=1S/C11H21N3O2.ClH/c1-4-5-6-8-13-14-11(16-8)10(15)9(12)7(2)3;/h7,9-10,15H,4-6,12H2,1-3H3;1H/t9-,10?;/m0./s1. The van der Waals surface area contributed by atoms with Gasteiger partial charge in [-0.15, -0.1) is 10.2 Å². The quantitative estimate of drug-likeness (QED) is 0.605. The van der Waals surface area contributed by atoms with Gasteiger partial charge in [0.2, 0.25) is 5.89 Å². The van der Waals surface area contributed by atoms with Crippen LogP contribution in [0.2, 0.25) is 0 Å². The third-order valence-electron chi connectivity index (χ3n) is 2.74. The predicted molar refractivity (Wildman–Crippen MR) is 59.4 cm³/mol. The van der Waals surface area contributed by atoms with Gasteiger partial charge in [-0.2, -0.15) is 0 Å². The van der Waals surface area contributed by atoms with E-state index in [2.05, 4.69) is 22.9 Å². The predicted octanol–water partition coefficient (Wildman–Crippen LogP) is -2.28. The van der Waals surface area contributed by atoms with E-state index in [9.17, 15) is 5.11 Å². The third-order valence-corrected chi connectivity index (χ3v) is 2.74. The summed E-state index contributed by atoms with van der Waals surface area (Å²) in [6.07, 6.45) is 2.13. The summed E-state index contributed by atoms with van der Waals surface area (Å²) in [7, 11) is 0. The topological polar surface area (TPSA) is 86.8 Å². The van der Waals surface area contributed by atoms with Crippen molar-refractivity contribution in [3.8, 4) is 0 Å². The first-order chi connectivity index (χ1) is 7.56. The fourth-order valence-corrected chi connectivity index (χ4v) is 1.36. The summed E-state index contributed by atoms with van der Waals surface area (Å²) < 4.78 is 5.41. The normalized spacial score (nSPS) is 14.5. The minimum absolute atomic E-state index is 0. The highest BCUT2D eigenvalue weighted by Crippen LogP contribution is 2.18. The number of nitrogens with zero attached hydrogens (tertiary/aromatic N) is 2. The van der Waals surface area contributed by atoms with Crippen LogP contribution in [0, 0.1) is 5.92 Å². The number of hydrogen-bond acceptors (Lipinski definition) is 4. The fraction of sp³-hybridized carbons (Fsp3) is 0.818. The highest BCUT2D eigenvalue weighted by atomic mass is 35.5. The van der Waals surface area contributed by atoms with Crippen molar-refractivity contribution in [2.24, 2.45) is 5.92 Å². The zero-order valence-corrected chi connectivity index (χ0v) is 11.4. The van der Waals surface area contributed by atoms with Gasteiger partial charge in [0.05, 0.1) is 0 Å². The first-order valence-electron chi connectivity index (χ1n) is 5.89. The highest BCUT2D eigenvalue weighted by molar-refractivity contribution is 4.90. The Morgan fingerprint density at radius 2 is 2.00 bits per heavy atom. The molecule has 0 saturated carbocycles. The summed E-state index contributed by atoms with van der Waals surface area (Å²) in [5.74, 6) is 1.17. The van der Waals surface area contributed by atoms with Crippen LogP contribution in [0.1, 0.15) is 51.5 Å². The zero-order chi connectivity index (χ0) is 12.1. The Hall–Kier alpha value is -0.650. The smallest absolute Gasteiger partial charge is 0.251 e. The molecular formula is C11H22ClN3O2. The second kappa shape index (κ2) is 7.63. The van der Waals surface area contributed by atoms with Crippen LogP contribution in [0.25, 0.3) is 0 Å². The number of unbranched alkanes of at least 4 members (excludes halogenated alkanes) is 1. The molecule has 0 bridgehead atoms. The average molecular weight is 264 g/mol. The molecule has 0 amide bonds. The van der Waals surface area contributed by atoms with E-state index >= 15 is 0 Å². The van der Waals surface area contributed by atoms with Crippen LogP contribution in [-0.4, -0.2) is 21.3 Å². The highest BCUT2D eigenvalue weighted by Gasteiger charge is 2.28. The summed E-state index contributed by atoms with van der Waals surface area (Å²) in [5, 5.41) is 17.7. The molecule has 1 rings (SSSR count). The number of aliphatic hydroxyl groups is 1. The summed E-state index contributed by atoms with van der Waals surface area (Å²) >= 11 is 0. The van der Waals surface area contributed by atoms with Gasteiger partial charge in [-0.1, -0.05) is 27.2 Å². The third kappa shape index (κ3) is 4.61. The van der Waals surface area contributed by atoms with Gasteiger partial charge >= 0.3 is 0 Å². The Bertz CT molecular complexity index is 317. The van der Waals surface area contributed by atoms with Gasteiger partial charge in [0.25, 0.3) is 5.89 Å². The van der Waals surface area contributed by atoms with E-state index in [1.165, 1.54) is 0 Å². The lowest BCUT2D eigenvalue weighted by molar-refractivity contribution is -0.451. The van der Waals surface area contributed by atoms with Gasteiger partial charge in [0.15, 0.2) is 6.10 Å². The van der Waals surface area contributed by atoms with Crippen molar-refractivity contribution >= 4 is 0 Å². The van der Waals surface area contributed by atoms with Gasteiger partial charge in [0, 0.05) is 12.3 Å². The van der Waals surface area contributed by atoms with Crippen LogP contribution < -0.4 is 18.1 Å². The van der Waals surface area contributed by atoms with E-state index in [1.54, 1.807) is 0 Å². The molecule has 6 heteroatoms. The Kier molecular flexibility index (Phi) is 7.34. The molecule has 17 heavy (non-hydrogen) atoms. The second-order valence-corrected chi connectivity index (χ2v) is 4.49. The molecule has 0 radical (unpaired) electrons. The molecule has 0 fully saturated rings. The van der Waals surface area contributed by atoms with Gasteiger partial charge in [-0.05, 0) is 6.42 Å². The molecule has 100 valence electrons. The average Bonchev–Trinajstić information content (AvgIpc) is 2.72. The molecule has 0 saturated heterocycles. The first-order valence-corrected chi connectivity index (χ1v) is 5.89. The van der Waals surface area contributed by atoms with E-state index < -0.39 is 6.10 Å². The van der Waals surface area contributed by atoms with E-state index in [0.717, 1.165) is 19.3 Å². The fourth-order valence-electron chi connectivity index (χ4n) is 1.36. The Morgan fingerprint density at radius 3 is 2.53 bits per heavy atom. The minimum Gasteiger partial charge on any atom is -1.00 e. The summed E-state index contributed by atoms with van der Waals surface area (Å²) in [6, 6.07) is -0.125. The lowest BCUT2D eigenvalue weighted by Gasteiger charge is -2.15. The van der Waals surface area contributed by atoms with Crippen LogP contribution in [0.15, 0.2) is 4.42 Å². The lowest BCUT2D eigenvalue weighted by Crippen LogP contribution is -3.00. The number of halogens is 1. The number of aryl methyl sites for hydroxylation is 1. The molecule has 1 heterocycles. The van der Waals surface area contributed by atoms with Crippen LogP contribution >= 0.6 is 0 Å². The van der Waals surface area contributed by atoms with Crippen LogP contribution in [0.3, 0.4) is 0 Å².